The first-order valence-corrected chi connectivity index (χ1v) is 3.60. The van der Waals surface area contributed by atoms with Crippen LogP contribution in [0.1, 0.15) is 5.56 Å². The number of carbonyl (C=O) groups excluding carboxylic acids is 1. The Morgan fingerprint density at radius 1 is 1.38 bits per heavy atom. The fraction of sp³-hybridized carbons (Fsp3) is 0.125. The van der Waals surface area contributed by atoms with E-state index in [4.69, 9.17) is 13.8 Å². The second-order valence-electron chi connectivity index (χ2n) is 2.37. The molecule has 0 heterocycles. The zero-order valence-electron chi connectivity index (χ0n) is 6.90. The number of benzene rings is 1. The Labute approximate surface area is 77.1 Å². The zero-order valence-corrected chi connectivity index (χ0v) is 6.90. The van der Waals surface area contributed by atoms with Gasteiger partial charge in [0.2, 0.25) is 0 Å². The topological polar surface area (TPSA) is 61.6 Å². The smallest absolute Gasteiger partial charge is 0.404 e. The average molecular weight is 177 g/mol. The monoisotopic (exact) mass is 177 g/mol. The van der Waals surface area contributed by atoms with E-state index in [-0.39, 0.29) is 6.61 Å². The fourth-order valence-corrected chi connectivity index (χ4v) is 0.819. The van der Waals surface area contributed by atoms with Crippen molar-refractivity contribution in [3.63, 3.8) is 0 Å². The van der Waals surface area contributed by atoms with Crippen molar-refractivity contribution in [2.45, 2.75) is 6.61 Å². The SMILES string of the molecule is [B]Oc1ccc(COC(N)=O)cc1. The van der Waals surface area contributed by atoms with Gasteiger partial charge in [-0.1, -0.05) is 12.1 Å². The van der Waals surface area contributed by atoms with Gasteiger partial charge in [0.25, 0.3) is 0 Å². The Bertz CT molecular complexity index is 286. The van der Waals surface area contributed by atoms with E-state index in [1.165, 1.54) is 0 Å². The summed E-state index contributed by atoms with van der Waals surface area (Å²) >= 11 is 0. The molecule has 0 aliphatic rings. The Kier molecular flexibility index (Phi) is 3.19. The molecule has 1 rings (SSSR count). The number of hydrogen-bond donors (Lipinski definition) is 1. The van der Waals surface area contributed by atoms with Gasteiger partial charge in [0.15, 0.2) is 0 Å². The van der Waals surface area contributed by atoms with E-state index in [1.54, 1.807) is 24.3 Å². The van der Waals surface area contributed by atoms with Crippen LogP contribution in [0.2, 0.25) is 0 Å². The Morgan fingerprint density at radius 3 is 2.46 bits per heavy atom. The molecule has 0 spiro atoms. The number of rotatable bonds is 3. The van der Waals surface area contributed by atoms with Gasteiger partial charge in [0.05, 0.1) is 5.75 Å². The first kappa shape index (κ1) is 9.44. The highest BCUT2D eigenvalue weighted by atomic mass is 16.5. The van der Waals surface area contributed by atoms with Gasteiger partial charge in [-0.15, -0.1) is 0 Å². The van der Waals surface area contributed by atoms with Gasteiger partial charge in [-0.3, -0.25) is 0 Å². The highest BCUT2D eigenvalue weighted by Gasteiger charge is 1.96. The molecule has 0 saturated carbocycles. The number of primary amides is 1. The Morgan fingerprint density at radius 2 is 2.00 bits per heavy atom. The molecule has 0 aliphatic heterocycles. The van der Waals surface area contributed by atoms with E-state index < -0.39 is 6.09 Å². The molecule has 2 N–H and O–H groups in total. The summed E-state index contributed by atoms with van der Waals surface area (Å²) in [6.45, 7) is 0.153. The summed E-state index contributed by atoms with van der Waals surface area (Å²) in [6, 6.07) is 6.79. The summed E-state index contributed by atoms with van der Waals surface area (Å²) in [7, 11) is 4.92. The normalized spacial score (nSPS) is 9.23. The predicted molar refractivity (Wildman–Crippen MR) is 47.2 cm³/mol. The van der Waals surface area contributed by atoms with Crippen molar-refractivity contribution in [2.24, 2.45) is 5.73 Å². The highest BCUT2D eigenvalue weighted by molar-refractivity contribution is 5.99. The number of ether oxygens (including phenoxy) is 1. The van der Waals surface area contributed by atoms with Gasteiger partial charge in [-0.2, -0.15) is 0 Å². The van der Waals surface area contributed by atoms with Crippen molar-refractivity contribution in [3.8, 4) is 5.75 Å². The van der Waals surface area contributed by atoms with Crippen LogP contribution < -0.4 is 10.4 Å². The second kappa shape index (κ2) is 4.40. The van der Waals surface area contributed by atoms with Crippen molar-refractivity contribution in [1.29, 1.82) is 0 Å². The molecule has 0 fully saturated rings. The molecule has 4 nitrogen and oxygen atoms in total. The molecule has 0 unspecified atom stereocenters. The van der Waals surface area contributed by atoms with E-state index in [1.807, 2.05) is 0 Å². The van der Waals surface area contributed by atoms with Crippen LogP contribution in [0, 0.1) is 0 Å². The van der Waals surface area contributed by atoms with Gasteiger partial charge in [-0.05, 0) is 17.7 Å². The van der Waals surface area contributed by atoms with Crippen LogP contribution in [0.5, 0.6) is 5.75 Å². The van der Waals surface area contributed by atoms with Crippen LogP contribution in [0.3, 0.4) is 0 Å². The summed E-state index contributed by atoms with van der Waals surface area (Å²) in [4.78, 5) is 10.3. The van der Waals surface area contributed by atoms with Gasteiger partial charge in [0.1, 0.15) is 6.61 Å². The second-order valence-corrected chi connectivity index (χ2v) is 2.37. The minimum absolute atomic E-state index is 0.153. The molecule has 0 saturated heterocycles. The third kappa shape index (κ3) is 3.07. The lowest BCUT2D eigenvalue weighted by molar-refractivity contribution is 0.150. The average Bonchev–Trinajstić information content (AvgIpc) is 2.15. The van der Waals surface area contributed by atoms with Gasteiger partial charge >= 0.3 is 14.1 Å². The minimum atomic E-state index is -0.792. The van der Waals surface area contributed by atoms with E-state index in [9.17, 15) is 4.79 Å². The lowest BCUT2D eigenvalue weighted by Crippen LogP contribution is -2.12. The zero-order chi connectivity index (χ0) is 9.68. The third-order valence-corrected chi connectivity index (χ3v) is 1.44. The maximum Gasteiger partial charge on any atom is 0.404 e. The first-order valence-electron chi connectivity index (χ1n) is 3.60. The maximum absolute atomic E-state index is 10.3. The Balaban J connectivity index is 2.54. The third-order valence-electron chi connectivity index (χ3n) is 1.44. The molecule has 5 heteroatoms. The quantitative estimate of drug-likeness (QED) is 0.692. The predicted octanol–water partition coefficient (Wildman–Crippen LogP) is 0.744. The van der Waals surface area contributed by atoms with Crippen LogP contribution >= 0.6 is 0 Å². The lowest BCUT2D eigenvalue weighted by atomic mass is 10.2. The van der Waals surface area contributed by atoms with Crippen LogP contribution in [-0.4, -0.2) is 14.1 Å². The minimum Gasteiger partial charge on any atom is -0.568 e. The fourth-order valence-electron chi connectivity index (χ4n) is 0.819. The van der Waals surface area contributed by atoms with E-state index in [0.29, 0.717) is 5.75 Å². The Hall–Kier alpha value is -1.65. The molecule has 66 valence electrons. The largest absolute Gasteiger partial charge is 0.568 e. The van der Waals surface area contributed by atoms with E-state index in [0.717, 1.165) is 5.56 Å². The lowest BCUT2D eigenvalue weighted by Gasteiger charge is -2.03. The van der Waals surface area contributed by atoms with E-state index in [2.05, 4.69) is 9.39 Å². The van der Waals surface area contributed by atoms with E-state index >= 15 is 0 Å². The standard InChI is InChI=1S/C8H8BNO3/c9-13-7-3-1-6(2-4-7)5-12-8(10)11/h1-4H,5H2,(H2,10,11). The van der Waals surface area contributed by atoms with Crippen molar-refractivity contribution < 1.29 is 14.2 Å². The maximum atomic E-state index is 10.3. The van der Waals surface area contributed by atoms with Gasteiger partial charge in [-0.25, -0.2) is 4.79 Å². The summed E-state index contributed by atoms with van der Waals surface area (Å²) in [5.74, 6) is 0.544. The summed E-state index contributed by atoms with van der Waals surface area (Å²) in [6.07, 6.45) is -0.792. The van der Waals surface area contributed by atoms with Crippen LogP contribution in [0.15, 0.2) is 24.3 Å². The molecular weight excluding hydrogens is 169 g/mol. The summed E-state index contributed by atoms with van der Waals surface area (Å²) < 4.78 is 9.03. The van der Waals surface area contributed by atoms with Crippen molar-refractivity contribution in [2.75, 3.05) is 0 Å². The molecule has 1 aromatic carbocycles. The molecule has 0 aliphatic carbocycles. The van der Waals surface area contributed by atoms with Crippen molar-refractivity contribution in [3.05, 3.63) is 29.8 Å². The van der Waals surface area contributed by atoms with Crippen molar-refractivity contribution >= 4 is 14.1 Å². The van der Waals surface area contributed by atoms with Crippen LogP contribution in [-0.2, 0) is 11.3 Å². The number of hydrogen-bond acceptors (Lipinski definition) is 3. The molecule has 1 amide bonds. The van der Waals surface area contributed by atoms with Gasteiger partial charge < -0.3 is 15.1 Å². The van der Waals surface area contributed by atoms with Crippen molar-refractivity contribution in [1.82, 2.24) is 0 Å². The summed E-state index contributed by atoms with van der Waals surface area (Å²) in [5.41, 5.74) is 5.61. The van der Waals surface area contributed by atoms with Crippen LogP contribution in [0.4, 0.5) is 4.79 Å². The summed E-state index contributed by atoms with van der Waals surface area (Å²) in [5, 5.41) is 0. The molecule has 0 aromatic heterocycles. The van der Waals surface area contributed by atoms with Gasteiger partial charge in [0, 0.05) is 0 Å². The number of amides is 1. The highest BCUT2D eigenvalue weighted by Crippen LogP contribution is 2.11. The molecule has 1 aromatic rings. The number of carbonyl (C=O) groups is 1. The number of nitrogens with two attached hydrogens (primary N) is 1. The first-order chi connectivity index (χ1) is 6.22. The molecule has 0 atom stereocenters. The molecular formula is C8H8BNO3. The van der Waals surface area contributed by atoms with Crippen LogP contribution in [0.25, 0.3) is 0 Å². The molecule has 13 heavy (non-hydrogen) atoms. The molecule has 0 bridgehead atoms. The molecule has 2 radical (unpaired) electrons.